The fourth-order valence-electron chi connectivity index (χ4n) is 2.73. The number of Topliss-reactive ketones (excluding diaryl/α,β-unsaturated/α-hetero) is 1. The third-order valence-corrected chi connectivity index (χ3v) is 5.83. The topological polar surface area (TPSA) is 63.7 Å². The van der Waals surface area contributed by atoms with Crippen LogP contribution in [0.4, 0.5) is 0 Å². The Bertz CT molecular complexity index is 764. The van der Waals surface area contributed by atoms with Gasteiger partial charge in [0.05, 0.1) is 24.0 Å². The van der Waals surface area contributed by atoms with Crippen molar-refractivity contribution < 1.29 is 17.9 Å². The lowest BCUT2D eigenvalue weighted by Crippen LogP contribution is -2.40. The number of sulfonamides is 1. The second-order valence-electron chi connectivity index (χ2n) is 5.03. The Kier molecular flexibility index (Phi) is 3.22. The van der Waals surface area contributed by atoms with Gasteiger partial charge >= 0.3 is 0 Å². The van der Waals surface area contributed by atoms with E-state index in [9.17, 15) is 13.2 Å². The molecular weight excluding hydrogens is 290 g/mol. The summed E-state index contributed by atoms with van der Waals surface area (Å²) in [6.07, 6.45) is 7.02. The molecule has 2 atom stereocenters. The number of nitrogens with zero attached hydrogens (tertiary/aromatic N) is 1. The number of methoxy groups -OCH3 is 1. The molecule has 3 rings (SSSR count). The van der Waals surface area contributed by atoms with Crippen molar-refractivity contribution in [3.05, 3.63) is 48.1 Å². The normalized spacial score (nSPS) is 26.9. The van der Waals surface area contributed by atoms with Crippen molar-refractivity contribution in [2.24, 2.45) is 5.92 Å². The molecule has 21 heavy (non-hydrogen) atoms. The van der Waals surface area contributed by atoms with Gasteiger partial charge in [0.2, 0.25) is 10.0 Å². The molecule has 2 aliphatic rings. The van der Waals surface area contributed by atoms with E-state index >= 15 is 0 Å². The van der Waals surface area contributed by atoms with Gasteiger partial charge in [0, 0.05) is 18.7 Å². The molecule has 0 bridgehead atoms. The third kappa shape index (κ3) is 2.02. The van der Waals surface area contributed by atoms with E-state index in [0.717, 1.165) is 0 Å². The van der Waals surface area contributed by atoms with Gasteiger partial charge in [-0.2, -0.15) is 4.31 Å². The maximum Gasteiger partial charge on any atom is 0.244 e. The average molecular weight is 305 g/mol. The molecule has 2 unspecified atom stereocenters. The van der Waals surface area contributed by atoms with Crippen LogP contribution in [0, 0.1) is 5.92 Å². The molecule has 0 aromatic heterocycles. The first-order valence-electron chi connectivity index (χ1n) is 6.52. The molecule has 1 aromatic rings. The molecule has 0 N–H and O–H groups in total. The van der Waals surface area contributed by atoms with Crippen LogP contribution in [0.2, 0.25) is 0 Å². The van der Waals surface area contributed by atoms with Gasteiger partial charge in [0.1, 0.15) is 5.75 Å². The molecule has 5 nitrogen and oxygen atoms in total. The highest BCUT2D eigenvalue weighted by molar-refractivity contribution is 7.89. The fraction of sp³-hybridized carbons (Fsp3) is 0.267. The zero-order valence-corrected chi connectivity index (χ0v) is 12.5. The number of ether oxygens (including phenoxy) is 1. The van der Waals surface area contributed by atoms with Crippen LogP contribution in [-0.4, -0.2) is 38.7 Å². The highest BCUT2D eigenvalue weighted by atomic mass is 32.2. The first-order chi connectivity index (χ1) is 9.96. The molecule has 0 saturated heterocycles. The maximum absolute atomic E-state index is 12.8. The van der Waals surface area contributed by atoms with Crippen molar-refractivity contribution in [3.63, 3.8) is 0 Å². The number of carbonyl (C=O) groups is 1. The van der Waals surface area contributed by atoms with E-state index in [0.29, 0.717) is 5.75 Å². The smallest absolute Gasteiger partial charge is 0.244 e. The molecule has 0 saturated carbocycles. The van der Waals surface area contributed by atoms with Gasteiger partial charge in [-0.15, -0.1) is 0 Å². The van der Waals surface area contributed by atoms with E-state index in [1.165, 1.54) is 30.6 Å². The third-order valence-electron chi connectivity index (χ3n) is 3.94. The summed E-state index contributed by atoms with van der Waals surface area (Å²) in [6.45, 7) is 0. The minimum absolute atomic E-state index is 0.00514. The van der Waals surface area contributed by atoms with E-state index in [1.807, 2.05) is 0 Å². The summed E-state index contributed by atoms with van der Waals surface area (Å²) in [6, 6.07) is 4.04. The second kappa shape index (κ2) is 4.82. The molecule has 0 spiro atoms. The quantitative estimate of drug-likeness (QED) is 0.791. The van der Waals surface area contributed by atoms with E-state index in [2.05, 4.69) is 0 Å². The van der Waals surface area contributed by atoms with E-state index in [4.69, 9.17) is 4.74 Å². The zero-order chi connectivity index (χ0) is 15.2. The van der Waals surface area contributed by atoms with E-state index in [1.54, 1.807) is 30.4 Å². The number of ketones is 1. The molecule has 6 heteroatoms. The van der Waals surface area contributed by atoms with Gasteiger partial charge < -0.3 is 4.74 Å². The minimum atomic E-state index is -3.75. The Morgan fingerprint density at radius 2 is 1.90 bits per heavy atom. The lowest BCUT2D eigenvalue weighted by molar-refractivity contribution is 0.0919. The number of carbonyl (C=O) groups excluding carboxylic acids is 1. The average Bonchev–Trinajstić information content (AvgIpc) is 2.57. The van der Waals surface area contributed by atoms with Gasteiger partial charge in [0.25, 0.3) is 0 Å². The Morgan fingerprint density at radius 3 is 2.62 bits per heavy atom. The number of hydrogen-bond acceptors (Lipinski definition) is 4. The highest BCUT2D eigenvalue weighted by Crippen LogP contribution is 2.35. The van der Waals surface area contributed by atoms with Crippen LogP contribution >= 0.6 is 0 Å². The summed E-state index contributed by atoms with van der Waals surface area (Å²) < 4.78 is 31.8. The number of likely N-dealkylation sites (N-methyl/N-ethyl adjacent to an activating group) is 1. The van der Waals surface area contributed by atoms with Crippen molar-refractivity contribution in [2.75, 3.05) is 14.2 Å². The summed E-state index contributed by atoms with van der Waals surface area (Å²) in [5.74, 6) is -0.273. The molecule has 1 aliphatic carbocycles. The number of fused-ring (bicyclic) bond motifs is 2. The molecule has 0 radical (unpaired) electrons. The zero-order valence-electron chi connectivity index (χ0n) is 11.7. The first kappa shape index (κ1) is 14.0. The van der Waals surface area contributed by atoms with Crippen molar-refractivity contribution in [2.45, 2.75) is 10.9 Å². The highest BCUT2D eigenvalue weighted by Gasteiger charge is 2.41. The predicted octanol–water partition coefficient (Wildman–Crippen LogP) is 1.62. The Hall–Kier alpha value is -1.92. The Morgan fingerprint density at radius 1 is 1.19 bits per heavy atom. The van der Waals surface area contributed by atoms with Crippen molar-refractivity contribution in [1.82, 2.24) is 4.31 Å². The molecule has 1 heterocycles. The van der Waals surface area contributed by atoms with Gasteiger partial charge in [0.15, 0.2) is 5.78 Å². The minimum Gasteiger partial charge on any atom is -0.497 e. The van der Waals surface area contributed by atoms with Crippen LogP contribution in [0.1, 0.15) is 10.4 Å². The first-order valence-corrected chi connectivity index (χ1v) is 7.96. The largest absolute Gasteiger partial charge is 0.497 e. The molecular formula is C15H15NO4S. The van der Waals surface area contributed by atoms with E-state index < -0.39 is 22.0 Å². The standard InChI is InChI=1S/C15H15NO4S/c1-16-13-6-4-3-5-11(13)15(17)12-8-7-10(20-2)9-14(12)21(16,18)19/h3-9,11,13H,1-2H3. The number of rotatable bonds is 1. The van der Waals surface area contributed by atoms with E-state index in [-0.39, 0.29) is 16.2 Å². The summed E-state index contributed by atoms with van der Waals surface area (Å²) in [5.41, 5.74) is 0.218. The molecule has 110 valence electrons. The van der Waals surface area contributed by atoms with Gasteiger partial charge in [-0.1, -0.05) is 24.3 Å². The summed E-state index contributed by atoms with van der Waals surface area (Å²) in [5, 5.41) is 0. The number of hydrogen-bond donors (Lipinski definition) is 0. The SMILES string of the molecule is COc1ccc2c(c1)S(=O)(=O)N(C)C1C=CC=CC1C2=O. The molecule has 1 aliphatic heterocycles. The van der Waals surface area contributed by atoms with Gasteiger partial charge in [-0.3, -0.25) is 4.79 Å². The number of benzene rings is 1. The lowest BCUT2D eigenvalue weighted by Gasteiger charge is -2.27. The summed E-state index contributed by atoms with van der Waals surface area (Å²) in [7, 11) is -0.787. The van der Waals surface area contributed by atoms with Crippen LogP contribution in [0.25, 0.3) is 0 Å². The van der Waals surface area contributed by atoms with Crippen LogP contribution in [0.5, 0.6) is 5.75 Å². The number of allylic oxidation sites excluding steroid dienone is 2. The predicted molar refractivity (Wildman–Crippen MR) is 77.8 cm³/mol. The van der Waals surface area contributed by atoms with Crippen molar-refractivity contribution in [3.8, 4) is 5.75 Å². The van der Waals surface area contributed by atoms with Crippen LogP contribution in [-0.2, 0) is 10.0 Å². The maximum atomic E-state index is 12.8. The fourth-order valence-corrected chi connectivity index (χ4v) is 4.27. The molecule has 1 aromatic carbocycles. The van der Waals surface area contributed by atoms with Crippen molar-refractivity contribution >= 4 is 15.8 Å². The van der Waals surface area contributed by atoms with Crippen molar-refractivity contribution in [1.29, 1.82) is 0 Å². The Balaban J connectivity index is 2.28. The summed E-state index contributed by atoms with van der Waals surface area (Å²) in [4.78, 5) is 12.7. The molecule has 0 fully saturated rings. The molecule has 0 amide bonds. The summed E-state index contributed by atoms with van der Waals surface area (Å²) >= 11 is 0. The second-order valence-corrected chi connectivity index (χ2v) is 7.00. The monoisotopic (exact) mass is 305 g/mol. The van der Waals surface area contributed by atoms with Crippen LogP contribution in [0.15, 0.2) is 47.4 Å². The van der Waals surface area contributed by atoms with Gasteiger partial charge in [-0.25, -0.2) is 8.42 Å². The lowest BCUT2D eigenvalue weighted by atomic mass is 9.88. The Labute approximate surface area is 123 Å². The van der Waals surface area contributed by atoms with Crippen LogP contribution < -0.4 is 4.74 Å². The van der Waals surface area contributed by atoms with Gasteiger partial charge in [-0.05, 0) is 12.1 Å². The van der Waals surface area contributed by atoms with Crippen LogP contribution in [0.3, 0.4) is 0 Å².